The summed E-state index contributed by atoms with van der Waals surface area (Å²) in [6.45, 7) is 6.86. The fraction of sp³-hybridized carbons (Fsp3) is 0.909. The molecular weight excluding hydrogens is 178 g/mol. The predicted octanol–water partition coefficient (Wildman–Crippen LogP) is 1.96. The third kappa shape index (κ3) is 5.97. The van der Waals surface area contributed by atoms with E-state index in [-0.39, 0.29) is 12.0 Å². The Bertz CT molecular complexity index is 153. The molecule has 0 saturated heterocycles. The second-order valence-electron chi connectivity index (χ2n) is 3.95. The number of hydrogen-bond donors (Lipinski definition) is 1. The van der Waals surface area contributed by atoms with Crippen LogP contribution in [0.3, 0.4) is 0 Å². The topological polar surface area (TPSA) is 38.3 Å². The average Bonchev–Trinajstić information content (AvgIpc) is 2.14. The van der Waals surface area contributed by atoms with Gasteiger partial charge in [-0.05, 0) is 32.2 Å². The molecule has 0 fully saturated rings. The van der Waals surface area contributed by atoms with Crippen molar-refractivity contribution in [2.45, 2.75) is 46.1 Å². The molecule has 0 heterocycles. The quantitative estimate of drug-likeness (QED) is 0.505. The minimum Gasteiger partial charge on any atom is -0.465 e. The first-order valence-electron chi connectivity index (χ1n) is 5.45. The van der Waals surface area contributed by atoms with Crippen LogP contribution in [0.1, 0.15) is 40.0 Å². The monoisotopic (exact) mass is 201 g/mol. The van der Waals surface area contributed by atoms with Gasteiger partial charge in [0.1, 0.15) is 6.04 Å². The Morgan fingerprint density at radius 2 is 2.07 bits per heavy atom. The van der Waals surface area contributed by atoms with Crippen LogP contribution in [-0.2, 0) is 9.53 Å². The van der Waals surface area contributed by atoms with Crippen LogP contribution in [0.15, 0.2) is 0 Å². The van der Waals surface area contributed by atoms with Crippen LogP contribution in [0.5, 0.6) is 0 Å². The zero-order valence-electron chi connectivity index (χ0n) is 9.80. The highest BCUT2D eigenvalue weighted by Crippen LogP contribution is 2.04. The maximum absolute atomic E-state index is 11.4. The number of carbonyl (C=O) groups is 1. The SMILES string of the molecule is CCC(NC)C(=O)OCCCC(C)C. The molecule has 1 atom stereocenters. The summed E-state index contributed by atoms with van der Waals surface area (Å²) in [6.07, 6.45) is 2.85. The Morgan fingerprint density at radius 3 is 2.50 bits per heavy atom. The summed E-state index contributed by atoms with van der Waals surface area (Å²) < 4.78 is 5.13. The first kappa shape index (κ1) is 13.4. The lowest BCUT2D eigenvalue weighted by atomic mass is 10.1. The van der Waals surface area contributed by atoms with Gasteiger partial charge < -0.3 is 10.1 Å². The molecule has 0 aliphatic rings. The molecule has 1 unspecified atom stereocenters. The van der Waals surface area contributed by atoms with Gasteiger partial charge in [-0.1, -0.05) is 20.8 Å². The van der Waals surface area contributed by atoms with Crippen LogP contribution in [0.2, 0.25) is 0 Å². The molecule has 0 aromatic heterocycles. The van der Waals surface area contributed by atoms with E-state index in [0.717, 1.165) is 19.3 Å². The van der Waals surface area contributed by atoms with E-state index in [4.69, 9.17) is 4.74 Å². The van der Waals surface area contributed by atoms with E-state index in [0.29, 0.717) is 12.5 Å². The van der Waals surface area contributed by atoms with Crippen LogP contribution in [0.25, 0.3) is 0 Å². The summed E-state index contributed by atoms with van der Waals surface area (Å²) >= 11 is 0. The average molecular weight is 201 g/mol. The number of rotatable bonds is 7. The van der Waals surface area contributed by atoms with Gasteiger partial charge in [-0.25, -0.2) is 0 Å². The summed E-state index contributed by atoms with van der Waals surface area (Å²) in [6, 6.07) is -0.144. The first-order valence-corrected chi connectivity index (χ1v) is 5.45. The van der Waals surface area contributed by atoms with E-state index < -0.39 is 0 Å². The van der Waals surface area contributed by atoms with E-state index in [1.807, 2.05) is 6.92 Å². The molecule has 1 N–H and O–H groups in total. The molecule has 84 valence electrons. The van der Waals surface area contributed by atoms with Gasteiger partial charge in [0, 0.05) is 0 Å². The fourth-order valence-electron chi connectivity index (χ4n) is 1.25. The molecule has 14 heavy (non-hydrogen) atoms. The second-order valence-corrected chi connectivity index (χ2v) is 3.95. The third-order valence-corrected chi connectivity index (χ3v) is 2.21. The highest BCUT2D eigenvalue weighted by atomic mass is 16.5. The molecule has 0 saturated carbocycles. The summed E-state index contributed by atoms with van der Waals surface area (Å²) in [5.74, 6) is 0.554. The van der Waals surface area contributed by atoms with Gasteiger partial charge in [0.05, 0.1) is 6.61 Å². The standard InChI is InChI=1S/C11H23NO2/c1-5-10(12-4)11(13)14-8-6-7-9(2)3/h9-10,12H,5-8H2,1-4H3. The maximum Gasteiger partial charge on any atom is 0.323 e. The lowest BCUT2D eigenvalue weighted by Crippen LogP contribution is -2.34. The summed E-state index contributed by atoms with van der Waals surface area (Å²) in [4.78, 5) is 11.4. The Hall–Kier alpha value is -0.570. The molecule has 0 amide bonds. The van der Waals surface area contributed by atoms with Gasteiger partial charge in [-0.2, -0.15) is 0 Å². The number of esters is 1. The molecular formula is C11H23NO2. The van der Waals surface area contributed by atoms with Crippen LogP contribution in [-0.4, -0.2) is 25.7 Å². The minimum atomic E-state index is -0.144. The lowest BCUT2D eigenvalue weighted by Gasteiger charge is -2.13. The van der Waals surface area contributed by atoms with Crippen molar-refractivity contribution in [1.82, 2.24) is 5.32 Å². The molecule has 0 bridgehead atoms. The molecule has 0 aliphatic carbocycles. The molecule has 3 nitrogen and oxygen atoms in total. The normalized spacial score (nSPS) is 12.9. The van der Waals surface area contributed by atoms with E-state index in [2.05, 4.69) is 19.2 Å². The van der Waals surface area contributed by atoms with Crippen molar-refractivity contribution in [3.8, 4) is 0 Å². The molecule has 0 aromatic carbocycles. The van der Waals surface area contributed by atoms with Gasteiger partial charge in [-0.3, -0.25) is 4.79 Å². The van der Waals surface area contributed by atoms with E-state index in [1.54, 1.807) is 7.05 Å². The summed E-state index contributed by atoms with van der Waals surface area (Å²) in [7, 11) is 1.78. The zero-order chi connectivity index (χ0) is 11.0. The van der Waals surface area contributed by atoms with E-state index >= 15 is 0 Å². The highest BCUT2D eigenvalue weighted by Gasteiger charge is 2.14. The van der Waals surface area contributed by atoms with Gasteiger partial charge in [-0.15, -0.1) is 0 Å². The fourth-order valence-corrected chi connectivity index (χ4v) is 1.25. The van der Waals surface area contributed by atoms with Crippen LogP contribution < -0.4 is 5.32 Å². The number of carbonyl (C=O) groups excluding carboxylic acids is 1. The van der Waals surface area contributed by atoms with Crippen molar-refractivity contribution in [2.24, 2.45) is 5.92 Å². The molecule has 0 radical (unpaired) electrons. The van der Waals surface area contributed by atoms with E-state index in [1.165, 1.54) is 0 Å². The Morgan fingerprint density at radius 1 is 1.43 bits per heavy atom. The second kappa shape index (κ2) is 7.80. The van der Waals surface area contributed by atoms with Gasteiger partial charge in [0.15, 0.2) is 0 Å². The largest absolute Gasteiger partial charge is 0.465 e. The zero-order valence-corrected chi connectivity index (χ0v) is 9.80. The molecule has 0 rings (SSSR count). The van der Waals surface area contributed by atoms with Crippen molar-refractivity contribution in [1.29, 1.82) is 0 Å². The van der Waals surface area contributed by atoms with Crippen LogP contribution in [0, 0.1) is 5.92 Å². The van der Waals surface area contributed by atoms with Crippen LogP contribution in [0.4, 0.5) is 0 Å². The van der Waals surface area contributed by atoms with Gasteiger partial charge in [0.2, 0.25) is 0 Å². The Balaban J connectivity index is 3.52. The number of hydrogen-bond acceptors (Lipinski definition) is 3. The number of ether oxygens (including phenoxy) is 1. The van der Waals surface area contributed by atoms with E-state index in [9.17, 15) is 4.79 Å². The summed E-state index contributed by atoms with van der Waals surface area (Å²) in [5, 5.41) is 2.93. The van der Waals surface area contributed by atoms with Crippen molar-refractivity contribution >= 4 is 5.97 Å². The Labute approximate surface area is 87.2 Å². The predicted molar refractivity (Wildman–Crippen MR) is 58.2 cm³/mol. The maximum atomic E-state index is 11.4. The first-order chi connectivity index (χ1) is 6.61. The highest BCUT2D eigenvalue weighted by molar-refractivity contribution is 5.75. The third-order valence-electron chi connectivity index (χ3n) is 2.21. The molecule has 0 spiro atoms. The van der Waals surface area contributed by atoms with Gasteiger partial charge >= 0.3 is 5.97 Å². The molecule has 0 aliphatic heterocycles. The van der Waals surface area contributed by atoms with Crippen molar-refractivity contribution < 1.29 is 9.53 Å². The lowest BCUT2D eigenvalue weighted by molar-refractivity contribution is -0.146. The van der Waals surface area contributed by atoms with Crippen molar-refractivity contribution in [3.05, 3.63) is 0 Å². The summed E-state index contributed by atoms with van der Waals surface area (Å²) in [5.41, 5.74) is 0. The molecule has 0 aromatic rings. The number of nitrogens with one attached hydrogen (secondary N) is 1. The smallest absolute Gasteiger partial charge is 0.323 e. The van der Waals surface area contributed by atoms with Crippen LogP contribution >= 0.6 is 0 Å². The van der Waals surface area contributed by atoms with Crippen molar-refractivity contribution in [3.63, 3.8) is 0 Å². The van der Waals surface area contributed by atoms with Crippen molar-refractivity contribution in [2.75, 3.05) is 13.7 Å². The number of likely N-dealkylation sites (N-methyl/N-ethyl adjacent to an activating group) is 1. The van der Waals surface area contributed by atoms with Gasteiger partial charge in [0.25, 0.3) is 0 Å². The molecule has 3 heteroatoms. The minimum absolute atomic E-state index is 0.126. The Kier molecular flexibility index (Phi) is 7.48.